The van der Waals surface area contributed by atoms with Crippen molar-refractivity contribution in [3.63, 3.8) is 0 Å². The second-order valence-electron chi connectivity index (χ2n) is 5.33. The minimum Gasteiger partial charge on any atom is -0.481 e. The Morgan fingerprint density at radius 1 is 1.33 bits per heavy atom. The molecular formula is C15H19ClN2O3. The summed E-state index contributed by atoms with van der Waals surface area (Å²) in [6, 6.07) is 7.34. The molecule has 1 aliphatic rings. The predicted octanol–water partition coefficient (Wildman–Crippen LogP) is 2.69. The predicted molar refractivity (Wildman–Crippen MR) is 80.2 cm³/mol. The van der Waals surface area contributed by atoms with Gasteiger partial charge in [0, 0.05) is 31.7 Å². The highest BCUT2D eigenvalue weighted by Crippen LogP contribution is 2.20. The van der Waals surface area contributed by atoms with Crippen LogP contribution in [0.4, 0.5) is 4.79 Å². The summed E-state index contributed by atoms with van der Waals surface area (Å²) in [5.74, 6) is -1.10. The van der Waals surface area contributed by atoms with Crippen molar-refractivity contribution in [1.29, 1.82) is 0 Å². The first kappa shape index (κ1) is 15.6. The van der Waals surface area contributed by atoms with Crippen LogP contribution in [-0.4, -0.2) is 47.0 Å². The number of carboxylic acids is 1. The summed E-state index contributed by atoms with van der Waals surface area (Å²) in [7, 11) is 1.73. The third-order valence-electron chi connectivity index (χ3n) is 3.81. The van der Waals surface area contributed by atoms with Gasteiger partial charge in [-0.15, -0.1) is 0 Å². The largest absolute Gasteiger partial charge is 0.481 e. The van der Waals surface area contributed by atoms with Gasteiger partial charge in [-0.25, -0.2) is 4.79 Å². The molecule has 0 atom stereocenters. The van der Waals surface area contributed by atoms with Crippen molar-refractivity contribution in [3.05, 3.63) is 34.9 Å². The van der Waals surface area contributed by atoms with Crippen molar-refractivity contribution >= 4 is 23.6 Å². The molecule has 1 aromatic rings. The van der Waals surface area contributed by atoms with Gasteiger partial charge in [-0.1, -0.05) is 29.8 Å². The van der Waals surface area contributed by atoms with Gasteiger partial charge in [-0.2, -0.15) is 0 Å². The molecule has 0 radical (unpaired) electrons. The highest BCUT2D eigenvalue weighted by molar-refractivity contribution is 6.31. The van der Waals surface area contributed by atoms with Gasteiger partial charge in [0.05, 0.1) is 5.92 Å². The number of rotatable bonds is 3. The van der Waals surface area contributed by atoms with Crippen LogP contribution < -0.4 is 0 Å². The van der Waals surface area contributed by atoms with Crippen molar-refractivity contribution in [2.45, 2.75) is 19.4 Å². The summed E-state index contributed by atoms with van der Waals surface area (Å²) in [5.41, 5.74) is 0.899. The number of nitrogens with zero attached hydrogens (tertiary/aromatic N) is 2. The Hall–Kier alpha value is -1.75. The Morgan fingerprint density at radius 3 is 2.52 bits per heavy atom. The number of amides is 2. The van der Waals surface area contributed by atoms with Gasteiger partial charge >= 0.3 is 12.0 Å². The van der Waals surface area contributed by atoms with E-state index < -0.39 is 5.97 Å². The zero-order valence-corrected chi connectivity index (χ0v) is 12.7. The van der Waals surface area contributed by atoms with E-state index in [9.17, 15) is 9.59 Å². The van der Waals surface area contributed by atoms with Gasteiger partial charge in [-0.05, 0) is 24.5 Å². The minimum atomic E-state index is -0.772. The molecular weight excluding hydrogens is 292 g/mol. The van der Waals surface area contributed by atoms with Gasteiger partial charge in [0.15, 0.2) is 0 Å². The topological polar surface area (TPSA) is 60.9 Å². The van der Waals surface area contributed by atoms with E-state index in [0.717, 1.165) is 5.56 Å². The molecule has 6 heteroatoms. The first-order valence-electron chi connectivity index (χ1n) is 6.95. The molecule has 2 rings (SSSR count). The fourth-order valence-corrected chi connectivity index (χ4v) is 2.70. The summed E-state index contributed by atoms with van der Waals surface area (Å²) in [6.07, 6.45) is 1.03. The lowest BCUT2D eigenvalue weighted by molar-refractivity contribution is -0.143. The third-order valence-corrected chi connectivity index (χ3v) is 4.18. The number of aliphatic carboxylic acids is 1. The van der Waals surface area contributed by atoms with Crippen LogP contribution >= 0.6 is 11.6 Å². The molecule has 0 aromatic heterocycles. The molecule has 2 amide bonds. The summed E-state index contributed by atoms with van der Waals surface area (Å²) in [4.78, 5) is 26.6. The van der Waals surface area contributed by atoms with Crippen LogP contribution in [0, 0.1) is 5.92 Å². The fraction of sp³-hybridized carbons (Fsp3) is 0.467. The number of carbonyl (C=O) groups is 2. The van der Waals surface area contributed by atoms with E-state index in [-0.39, 0.29) is 11.9 Å². The van der Waals surface area contributed by atoms with Crippen molar-refractivity contribution < 1.29 is 14.7 Å². The van der Waals surface area contributed by atoms with E-state index in [2.05, 4.69) is 0 Å². The van der Waals surface area contributed by atoms with Gasteiger partial charge in [0.2, 0.25) is 0 Å². The number of carboxylic acid groups (broad SMARTS) is 1. The maximum Gasteiger partial charge on any atom is 0.320 e. The molecule has 114 valence electrons. The lowest BCUT2D eigenvalue weighted by Gasteiger charge is -2.33. The molecule has 0 unspecified atom stereocenters. The molecule has 21 heavy (non-hydrogen) atoms. The van der Waals surface area contributed by atoms with E-state index in [0.29, 0.717) is 37.5 Å². The fourth-order valence-electron chi connectivity index (χ4n) is 2.51. The highest BCUT2D eigenvalue weighted by atomic mass is 35.5. The third kappa shape index (κ3) is 3.88. The molecule has 0 spiro atoms. The maximum absolute atomic E-state index is 12.4. The van der Waals surface area contributed by atoms with E-state index in [1.807, 2.05) is 18.2 Å². The first-order chi connectivity index (χ1) is 9.99. The maximum atomic E-state index is 12.4. The van der Waals surface area contributed by atoms with E-state index in [1.165, 1.54) is 0 Å². The Balaban J connectivity index is 1.92. The quantitative estimate of drug-likeness (QED) is 0.933. The minimum absolute atomic E-state index is 0.0845. The molecule has 1 saturated heterocycles. The van der Waals surface area contributed by atoms with Crippen LogP contribution in [0.2, 0.25) is 5.02 Å². The molecule has 1 N–H and O–H groups in total. The SMILES string of the molecule is CN(Cc1ccccc1Cl)C(=O)N1CCC(C(=O)O)CC1. The number of benzene rings is 1. The normalized spacial score (nSPS) is 15.8. The lowest BCUT2D eigenvalue weighted by atomic mass is 9.97. The van der Waals surface area contributed by atoms with Gasteiger partial charge < -0.3 is 14.9 Å². The Kier molecular flexibility index (Phi) is 5.07. The molecule has 1 aliphatic heterocycles. The standard InChI is InChI=1S/C15H19ClN2O3/c1-17(10-12-4-2-3-5-13(12)16)15(21)18-8-6-11(7-9-18)14(19)20/h2-5,11H,6-10H2,1H3,(H,19,20). The van der Waals surface area contributed by atoms with Crippen LogP contribution in [0.25, 0.3) is 0 Å². The number of carbonyl (C=O) groups excluding carboxylic acids is 1. The second-order valence-corrected chi connectivity index (χ2v) is 5.74. The highest BCUT2D eigenvalue weighted by Gasteiger charge is 2.28. The average Bonchev–Trinajstić information content (AvgIpc) is 2.49. The molecule has 1 heterocycles. The first-order valence-corrected chi connectivity index (χ1v) is 7.33. The summed E-state index contributed by atoms with van der Waals surface area (Å²) < 4.78 is 0. The molecule has 5 nitrogen and oxygen atoms in total. The smallest absolute Gasteiger partial charge is 0.320 e. The monoisotopic (exact) mass is 310 g/mol. The summed E-state index contributed by atoms with van der Waals surface area (Å²) in [6.45, 7) is 1.42. The van der Waals surface area contributed by atoms with Crippen LogP contribution in [0.1, 0.15) is 18.4 Å². The zero-order valence-electron chi connectivity index (χ0n) is 12.0. The van der Waals surface area contributed by atoms with Crippen molar-refractivity contribution in [1.82, 2.24) is 9.80 Å². The van der Waals surface area contributed by atoms with Crippen LogP contribution in [0.15, 0.2) is 24.3 Å². The van der Waals surface area contributed by atoms with Gasteiger partial charge in [0.1, 0.15) is 0 Å². The number of likely N-dealkylation sites (tertiary alicyclic amines) is 1. The Bertz CT molecular complexity index is 527. The average molecular weight is 311 g/mol. The van der Waals surface area contributed by atoms with Gasteiger partial charge in [-0.3, -0.25) is 4.79 Å². The van der Waals surface area contributed by atoms with E-state index >= 15 is 0 Å². The van der Waals surface area contributed by atoms with Crippen LogP contribution in [0.5, 0.6) is 0 Å². The number of hydrogen-bond donors (Lipinski definition) is 1. The number of halogens is 1. The van der Waals surface area contributed by atoms with Crippen molar-refractivity contribution in [3.8, 4) is 0 Å². The Morgan fingerprint density at radius 2 is 1.95 bits per heavy atom. The molecule has 0 aliphatic carbocycles. The molecule has 1 aromatic carbocycles. The number of piperidine rings is 1. The van der Waals surface area contributed by atoms with Crippen molar-refractivity contribution in [2.24, 2.45) is 5.92 Å². The van der Waals surface area contributed by atoms with Crippen LogP contribution in [-0.2, 0) is 11.3 Å². The van der Waals surface area contributed by atoms with Crippen molar-refractivity contribution in [2.75, 3.05) is 20.1 Å². The summed E-state index contributed by atoms with van der Waals surface area (Å²) >= 11 is 6.10. The lowest BCUT2D eigenvalue weighted by Crippen LogP contribution is -2.45. The summed E-state index contributed by atoms with van der Waals surface area (Å²) in [5, 5.41) is 9.61. The molecule has 0 saturated carbocycles. The second kappa shape index (κ2) is 6.80. The van der Waals surface area contributed by atoms with Gasteiger partial charge in [0.25, 0.3) is 0 Å². The van der Waals surface area contributed by atoms with E-state index in [1.54, 1.807) is 22.9 Å². The molecule has 0 bridgehead atoms. The number of hydrogen-bond acceptors (Lipinski definition) is 2. The molecule has 1 fully saturated rings. The number of urea groups is 1. The van der Waals surface area contributed by atoms with Crippen LogP contribution in [0.3, 0.4) is 0 Å². The van der Waals surface area contributed by atoms with E-state index in [4.69, 9.17) is 16.7 Å². The zero-order chi connectivity index (χ0) is 15.4. The Labute approximate surface area is 129 Å².